The van der Waals surface area contributed by atoms with Crippen molar-refractivity contribution in [2.45, 2.75) is 25.9 Å². The molecule has 7 heteroatoms. The van der Waals surface area contributed by atoms with Crippen LogP contribution in [-0.4, -0.2) is 35.1 Å². The molecular formula is C13H15N3O4. The number of hydrogen-bond acceptors (Lipinski definition) is 5. The Morgan fingerprint density at radius 1 is 1.60 bits per heavy atom. The van der Waals surface area contributed by atoms with Crippen molar-refractivity contribution in [3.05, 3.63) is 28.0 Å². The van der Waals surface area contributed by atoms with Crippen LogP contribution in [0.5, 0.6) is 0 Å². The van der Waals surface area contributed by atoms with Crippen LogP contribution in [0.2, 0.25) is 0 Å². The van der Waals surface area contributed by atoms with Crippen LogP contribution in [0.25, 0.3) is 11.1 Å². The van der Waals surface area contributed by atoms with E-state index in [2.05, 4.69) is 15.3 Å². The van der Waals surface area contributed by atoms with Crippen molar-refractivity contribution in [3.8, 4) is 0 Å². The quantitative estimate of drug-likeness (QED) is 0.862. The molecule has 1 fully saturated rings. The number of carbonyl (C=O) groups is 1. The molecular weight excluding hydrogens is 262 g/mol. The van der Waals surface area contributed by atoms with Crippen molar-refractivity contribution in [2.75, 3.05) is 13.2 Å². The Morgan fingerprint density at radius 2 is 2.45 bits per heavy atom. The minimum Gasteiger partial charge on any atom is -0.442 e. The van der Waals surface area contributed by atoms with Crippen LogP contribution in [0.1, 0.15) is 29.0 Å². The summed E-state index contributed by atoms with van der Waals surface area (Å²) in [6.07, 6.45) is 3.25. The van der Waals surface area contributed by atoms with E-state index in [0.717, 1.165) is 19.4 Å². The van der Waals surface area contributed by atoms with Crippen LogP contribution in [0.15, 0.2) is 15.5 Å². The summed E-state index contributed by atoms with van der Waals surface area (Å²) in [7, 11) is 0. The third kappa shape index (κ3) is 2.20. The van der Waals surface area contributed by atoms with Gasteiger partial charge in [-0.3, -0.25) is 9.59 Å². The number of nitrogens with one attached hydrogen (secondary N) is 2. The number of ether oxygens (including phenoxy) is 1. The number of rotatable bonds is 3. The Balaban J connectivity index is 1.87. The topological polar surface area (TPSA) is 97.2 Å². The number of fused-ring (bicyclic) bond motifs is 1. The SMILES string of the molecule is Cc1oc2nc[nH]c(=O)c2c1C(=O)NC[C@H]1CCCO1. The lowest BCUT2D eigenvalue weighted by Crippen LogP contribution is -2.32. The molecule has 0 unspecified atom stereocenters. The Morgan fingerprint density at radius 3 is 3.20 bits per heavy atom. The number of furan rings is 1. The van der Waals surface area contributed by atoms with Gasteiger partial charge >= 0.3 is 0 Å². The number of aryl methyl sites for hydroxylation is 1. The Kier molecular flexibility index (Phi) is 3.27. The zero-order chi connectivity index (χ0) is 14.1. The average molecular weight is 277 g/mol. The second-order valence-corrected chi connectivity index (χ2v) is 4.79. The van der Waals surface area contributed by atoms with Gasteiger partial charge in [-0.15, -0.1) is 0 Å². The number of aromatic amines is 1. The molecule has 0 saturated carbocycles. The van der Waals surface area contributed by atoms with E-state index in [1.807, 2.05) is 0 Å². The summed E-state index contributed by atoms with van der Waals surface area (Å²) in [5, 5.41) is 2.97. The lowest BCUT2D eigenvalue weighted by atomic mass is 10.1. The molecule has 2 aromatic rings. The normalized spacial score (nSPS) is 18.6. The maximum absolute atomic E-state index is 12.2. The van der Waals surface area contributed by atoms with Gasteiger partial charge in [-0.05, 0) is 19.8 Å². The highest BCUT2D eigenvalue weighted by Crippen LogP contribution is 2.20. The zero-order valence-corrected chi connectivity index (χ0v) is 11.1. The smallest absolute Gasteiger partial charge is 0.262 e. The van der Waals surface area contributed by atoms with Crippen molar-refractivity contribution in [1.82, 2.24) is 15.3 Å². The molecule has 0 aliphatic carbocycles. The van der Waals surface area contributed by atoms with E-state index in [0.29, 0.717) is 12.3 Å². The molecule has 1 aliphatic heterocycles. The van der Waals surface area contributed by atoms with Crippen molar-refractivity contribution >= 4 is 17.0 Å². The highest BCUT2D eigenvalue weighted by atomic mass is 16.5. The van der Waals surface area contributed by atoms with Crippen LogP contribution in [0.4, 0.5) is 0 Å². The number of hydrogen-bond donors (Lipinski definition) is 2. The fourth-order valence-corrected chi connectivity index (χ4v) is 2.43. The first kappa shape index (κ1) is 12.9. The highest BCUT2D eigenvalue weighted by Gasteiger charge is 2.23. The van der Waals surface area contributed by atoms with Gasteiger partial charge in [-0.2, -0.15) is 0 Å². The average Bonchev–Trinajstić information content (AvgIpc) is 3.03. The van der Waals surface area contributed by atoms with Gasteiger partial charge in [-0.1, -0.05) is 0 Å². The Bertz CT molecular complexity index is 697. The molecule has 1 saturated heterocycles. The molecule has 1 atom stereocenters. The minimum absolute atomic E-state index is 0.0498. The first-order valence-corrected chi connectivity index (χ1v) is 6.53. The number of nitrogens with zero attached hydrogens (tertiary/aromatic N) is 1. The van der Waals surface area contributed by atoms with Crippen molar-refractivity contribution in [1.29, 1.82) is 0 Å². The summed E-state index contributed by atoms with van der Waals surface area (Å²) in [6, 6.07) is 0. The number of aromatic nitrogens is 2. The second kappa shape index (κ2) is 5.09. The van der Waals surface area contributed by atoms with Crippen LogP contribution in [0.3, 0.4) is 0 Å². The van der Waals surface area contributed by atoms with Gasteiger partial charge in [-0.25, -0.2) is 4.98 Å². The fourth-order valence-electron chi connectivity index (χ4n) is 2.43. The summed E-state index contributed by atoms with van der Waals surface area (Å²) >= 11 is 0. The molecule has 1 aliphatic rings. The van der Waals surface area contributed by atoms with E-state index < -0.39 is 0 Å². The lowest BCUT2D eigenvalue weighted by Gasteiger charge is -2.10. The van der Waals surface area contributed by atoms with Crippen molar-refractivity contribution in [3.63, 3.8) is 0 Å². The molecule has 3 rings (SSSR count). The van der Waals surface area contributed by atoms with Gasteiger partial charge in [0.05, 0.1) is 18.0 Å². The largest absolute Gasteiger partial charge is 0.442 e. The Labute approximate surface area is 114 Å². The molecule has 2 N–H and O–H groups in total. The van der Waals surface area contributed by atoms with Gasteiger partial charge in [0.1, 0.15) is 11.1 Å². The maximum atomic E-state index is 12.2. The lowest BCUT2D eigenvalue weighted by molar-refractivity contribution is 0.0857. The summed E-state index contributed by atoms with van der Waals surface area (Å²) in [4.78, 5) is 30.4. The van der Waals surface area contributed by atoms with Crippen LogP contribution >= 0.6 is 0 Å². The molecule has 0 aromatic carbocycles. The predicted octanol–water partition coefficient (Wildman–Crippen LogP) is 0.733. The first-order chi connectivity index (χ1) is 9.66. The van der Waals surface area contributed by atoms with Crippen LogP contribution in [-0.2, 0) is 4.74 Å². The van der Waals surface area contributed by atoms with Gasteiger partial charge in [0.2, 0.25) is 5.71 Å². The summed E-state index contributed by atoms with van der Waals surface area (Å²) in [5.41, 5.74) is 0.0370. The molecule has 106 valence electrons. The van der Waals surface area contributed by atoms with E-state index in [9.17, 15) is 9.59 Å². The van der Waals surface area contributed by atoms with E-state index in [1.54, 1.807) is 6.92 Å². The molecule has 0 radical (unpaired) electrons. The van der Waals surface area contributed by atoms with Gasteiger partial charge < -0.3 is 19.5 Å². The van der Waals surface area contributed by atoms with E-state index in [4.69, 9.17) is 9.15 Å². The van der Waals surface area contributed by atoms with E-state index >= 15 is 0 Å². The third-order valence-corrected chi connectivity index (χ3v) is 3.41. The monoisotopic (exact) mass is 277 g/mol. The predicted molar refractivity (Wildman–Crippen MR) is 70.7 cm³/mol. The summed E-state index contributed by atoms with van der Waals surface area (Å²) in [6.45, 7) is 2.81. The maximum Gasteiger partial charge on any atom is 0.262 e. The highest BCUT2D eigenvalue weighted by molar-refractivity contribution is 6.06. The molecule has 2 aromatic heterocycles. The molecule has 1 amide bonds. The Hall–Kier alpha value is -2.15. The minimum atomic E-state index is -0.380. The molecule has 0 bridgehead atoms. The fraction of sp³-hybridized carbons (Fsp3) is 0.462. The first-order valence-electron chi connectivity index (χ1n) is 6.53. The summed E-state index contributed by atoms with van der Waals surface area (Å²) < 4.78 is 10.8. The molecule has 0 spiro atoms. The zero-order valence-electron chi connectivity index (χ0n) is 11.1. The standard InChI is InChI=1S/C13H15N3O4/c1-7-9(10-12(18)15-6-16-13(10)20-7)11(17)14-5-8-3-2-4-19-8/h6,8H,2-5H2,1H3,(H,14,17)(H,15,16,18)/t8-/m1/s1. The van der Waals surface area contributed by atoms with Crippen molar-refractivity contribution < 1.29 is 13.9 Å². The van der Waals surface area contributed by atoms with Crippen molar-refractivity contribution in [2.24, 2.45) is 0 Å². The molecule has 7 nitrogen and oxygen atoms in total. The number of amides is 1. The van der Waals surface area contributed by atoms with Gasteiger partial charge in [0, 0.05) is 13.2 Å². The summed E-state index contributed by atoms with van der Waals surface area (Å²) in [5.74, 6) is 0.0456. The molecule has 3 heterocycles. The van der Waals surface area contributed by atoms with Gasteiger partial charge in [0.25, 0.3) is 11.5 Å². The van der Waals surface area contributed by atoms with Gasteiger partial charge in [0.15, 0.2) is 0 Å². The van der Waals surface area contributed by atoms with E-state index in [1.165, 1.54) is 6.33 Å². The van der Waals surface area contributed by atoms with Crippen LogP contribution < -0.4 is 10.9 Å². The number of H-pyrrole nitrogens is 1. The van der Waals surface area contributed by atoms with E-state index in [-0.39, 0.29) is 34.2 Å². The number of carbonyl (C=O) groups excluding carboxylic acids is 1. The van der Waals surface area contributed by atoms with Crippen LogP contribution in [0, 0.1) is 6.92 Å². The molecule has 20 heavy (non-hydrogen) atoms. The third-order valence-electron chi connectivity index (χ3n) is 3.41. The second-order valence-electron chi connectivity index (χ2n) is 4.79.